The van der Waals surface area contributed by atoms with Crippen LogP contribution in [0.1, 0.15) is 21.5 Å². The van der Waals surface area contributed by atoms with E-state index in [0.29, 0.717) is 16.3 Å². The van der Waals surface area contributed by atoms with E-state index in [9.17, 15) is 13.2 Å². The lowest BCUT2D eigenvalue weighted by atomic mass is 10.1. The summed E-state index contributed by atoms with van der Waals surface area (Å²) in [5.74, 6) is -0.631. The second-order valence-corrected chi connectivity index (χ2v) is 8.26. The van der Waals surface area contributed by atoms with Crippen molar-refractivity contribution in [3.05, 3.63) is 76.8 Å². The number of primary amides is 1. The Labute approximate surface area is 160 Å². The average molecular weight is 398 g/mol. The van der Waals surface area contributed by atoms with Crippen molar-refractivity contribution < 1.29 is 13.2 Å². The van der Waals surface area contributed by atoms with Crippen molar-refractivity contribution in [3.8, 4) is 6.07 Å². The number of carbonyl (C=O) groups is 1. The maximum Gasteiger partial charge on any atom is 0.266 e. The molecule has 1 aromatic heterocycles. The second-order valence-electron chi connectivity index (χ2n) is 5.52. The summed E-state index contributed by atoms with van der Waals surface area (Å²) in [6, 6.07) is 14.1. The van der Waals surface area contributed by atoms with Gasteiger partial charge in [-0.3, -0.25) is 4.79 Å². The normalized spacial score (nSPS) is 10.9. The highest BCUT2D eigenvalue weighted by Gasteiger charge is 2.27. The molecule has 1 heterocycles. The number of sulfonamides is 1. The van der Waals surface area contributed by atoms with Crippen LogP contribution < -0.4 is 10.0 Å². The molecule has 27 heavy (non-hydrogen) atoms. The molecule has 3 rings (SSSR count). The van der Waals surface area contributed by atoms with Crippen LogP contribution in [0.3, 0.4) is 0 Å². The fraction of sp³-hybridized carbons (Fsp3) is 0.0556. The Kier molecular flexibility index (Phi) is 5.21. The van der Waals surface area contributed by atoms with Crippen molar-refractivity contribution in [1.29, 1.82) is 5.26 Å². The van der Waals surface area contributed by atoms with E-state index >= 15 is 0 Å². The Balaban J connectivity index is 1.99. The molecule has 136 valence electrons. The van der Waals surface area contributed by atoms with Crippen molar-refractivity contribution >= 4 is 32.4 Å². The zero-order valence-electron chi connectivity index (χ0n) is 13.9. The summed E-state index contributed by atoms with van der Waals surface area (Å²) in [5.41, 5.74) is 6.63. The predicted octanol–water partition coefficient (Wildman–Crippen LogP) is 2.51. The average Bonchev–Trinajstić information content (AvgIpc) is 3.20. The molecule has 0 bridgehead atoms. The number of rotatable bonds is 6. The molecule has 0 fully saturated rings. The molecule has 9 heteroatoms. The molecule has 0 radical (unpaired) electrons. The van der Waals surface area contributed by atoms with Gasteiger partial charge in [-0.15, -0.1) is 11.3 Å². The van der Waals surface area contributed by atoms with Crippen molar-refractivity contribution in [3.63, 3.8) is 0 Å². The summed E-state index contributed by atoms with van der Waals surface area (Å²) < 4.78 is 27.5. The molecule has 0 unspecified atom stereocenters. The summed E-state index contributed by atoms with van der Waals surface area (Å²) in [5, 5.41) is 10.9. The molecule has 1 amide bonds. The van der Waals surface area contributed by atoms with Crippen LogP contribution >= 0.6 is 11.3 Å². The number of hydrogen-bond acceptors (Lipinski definition) is 6. The minimum atomic E-state index is -3.92. The lowest BCUT2D eigenvalue weighted by Gasteiger charge is -2.22. The monoisotopic (exact) mass is 398 g/mol. The van der Waals surface area contributed by atoms with Gasteiger partial charge < -0.3 is 5.73 Å². The van der Waals surface area contributed by atoms with Gasteiger partial charge in [0, 0.05) is 17.1 Å². The van der Waals surface area contributed by atoms with Crippen LogP contribution in [0, 0.1) is 11.3 Å². The third-order valence-electron chi connectivity index (χ3n) is 3.77. The van der Waals surface area contributed by atoms with Crippen molar-refractivity contribution in [1.82, 2.24) is 4.98 Å². The van der Waals surface area contributed by atoms with Crippen LogP contribution in [0.5, 0.6) is 0 Å². The van der Waals surface area contributed by atoms with Crippen LogP contribution in [0.15, 0.2) is 65.0 Å². The molecule has 7 nitrogen and oxygen atoms in total. The number of nitriles is 1. The number of nitrogens with zero attached hydrogens (tertiary/aromatic N) is 3. The highest BCUT2D eigenvalue weighted by Crippen LogP contribution is 2.28. The van der Waals surface area contributed by atoms with E-state index in [1.54, 1.807) is 29.6 Å². The Hall–Kier alpha value is -3.22. The van der Waals surface area contributed by atoms with Gasteiger partial charge in [-0.2, -0.15) is 5.26 Å². The van der Waals surface area contributed by atoms with Crippen LogP contribution in [-0.4, -0.2) is 19.3 Å². The first-order chi connectivity index (χ1) is 12.9. The van der Waals surface area contributed by atoms with Gasteiger partial charge >= 0.3 is 0 Å². The van der Waals surface area contributed by atoms with Crippen LogP contribution in [-0.2, 0) is 16.6 Å². The highest BCUT2D eigenvalue weighted by atomic mass is 32.2. The number of carbonyl (C=O) groups excluding carboxylic acids is 1. The van der Waals surface area contributed by atoms with Crippen LogP contribution in [0.4, 0.5) is 5.13 Å². The van der Waals surface area contributed by atoms with Crippen molar-refractivity contribution in [2.24, 2.45) is 5.73 Å². The van der Waals surface area contributed by atoms with E-state index < -0.39 is 15.9 Å². The largest absolute Gasteiger partial charge is 0.366 e. The second kappa shape index (κ2) is 7.57. The van der Waals surface area contributed by atoms with E-state index in [0.717, 1.165) is 0 Å². The lowest BCUT2D eigenvalue weighted by molar-refractivity contribution is 0.1000. The molecular formula is C18H14N4O3S2. The third-order valence-corrected chi connectivity index (χ3v) is 6.43. The van der Waals surface area contributed by atoms with Crippen molar-refractivity contribution in [2.75, 3.05) is 4.31 Å². The summed E-state index contributed by atoms with van der Waals surface area (Å²) in [6.45, 7) is 0.0547. The Morgan fingerprint density at radius 3 is 2.33 bits per heavy atom. The SMILES string of the molecule is N#Cc1ccc(CN(c2nccs2)S(=O)(=O)c2ccc(C(N)=O)cc2)cc1. The quantitative estimate of drug-likeness (QED) is 0.684. The van der Waals surface area contributed by atoms with E-state index in [1.165, 1.54) is 46.1 Å². The number of aromatic nitrogens is 1. The summed E-state index contributed by atoms with van der Waals surface area (Å²) in [4.78, 5) is 15.4. The lowest BCUT2D eigenvalue weighted by Crippen LogP contribution is -2.30. The van der Waals surface area contributed by atoms with Crippen LogP contribution in [0.25, 0.3) is 0 Å². The van der Waals surface area contributed by atoms with Crippen LogP contribution in [0.2, 0.25) is 0 Å². The fourth-order valence-corrected chi connectivity index (χ4v) is 4.64. The molecule has 0 aliphatic carbocycles. The van der Waals surface area contributed by atoms with E-state index in [1.807, 2.05) is 6.07 Å². The molecule has 0 saturated carbocycles. The molecule has 3 aromatic rings. The molecule has 0 saturated heterocycles. The fourth-order valence-electron chi connectivity index (χ4n) is 2.36. The molecule has 0 aliphatic rings. The summed E-state index contributed by atoms with van der Waals surface area (Å²) >= 11 is 1.20. The van der Waals surface area contributed by atoms with E-state index in [4.69, 9.17) is 11.0 Å². The topological polar surface area (TPSA) is 117 Å². The number of anilines is 1. The van der Waals surface area contributed by atoms with Gasteiger partial charge in [-0.1, -0.05) is 12.1 Å². The summed E-state index contributed by atoms with van der Waals surface area (Å²) in [7, 11) is -3.92. The van der Waals surface area contributed by atoms with Gasteiger partial charge in [0.1, 0.15) is 0 Å². The zero-order valence-corrected chi connectivity index (χ0v) is 15.6. The van der Waals surface area contributed by atoms with Gasteiger partial charge in [0.25, 0.3) is 10.0 Å². The maximum absolute atomic E-state index is 13.2. The number of thiazole rings is 1. The smallest absolute Gasteiger partial charge is 0.266 e. The standard InChI is InChI=1S/C18H14N4O3S2/c19-11-13-1-3-14(4-2-13)12-22(18-21-9-10-26-18)27(24,25)16-7-5-15(6-8-16)17(20)23/h1-10H,12H2,(H2,20,23). The van der Waals surface area contributed by atoms with Gasteiger partial charge in [0.15, 0.2) is 5.13 Å². The van der Waals surface area contributed by atoms with Gasteiger partial charge in [0.2, 0.25) is 5.91 Å². The maximum atomic E-state index is 13.2. The number of nitrogens with two attached hydrogens (primary N) is 1. The number of amides is 1. The highest BCUT2D eigenvalue weighted by molar-refractivity contribution is 7.93. The first-order valence-corrected chi connectivity index (χ1v) is 10.0. The molecule has 2 N–H and O–H groups in total. The Morgan fingerprint density at radius 1 is 1.15 bits per heavy atom. The zero-order chi connectivity index (χ0) is 19.4. The number of hydrogen-bond donors (Lipinski definition) is 1. The molecule has 0 aliphatic heterocycles. The molecule has 0 spiro atoms. The minimum Gasteiger partial charge on any atom is -0.366 e. The Morgan fingerprint density at radius 2 is 1.81 bits per heavy atom. The molecule has 2 aromatic carbocycles. The first kappa shape index (κ1) is 18.6. The van der Waals surface area contributed by atoms with Gasteiger partial charge in [0.05, 0.1) is 23.1 Å². The van der Waals surface area contributed by atoms with E-state index in [-0.39, 0.29) is 17.0 Å². The van der Waals surface area contributed by atoms with Gasteiger partial charge in [-0.05, 0) is 42.0 Å². The number of benzene rings is 2. The summed E-state index contributed by atoms with van der Waals surface area (Å²) in [6.07, 6.45) is 1.53. The molecule has 0 atom stereocenters. The first-order valence-electron chi connectivity index (χ1n) is 7.73. The minimum absolute atomic E-state index is 0.0244. The molecular weight excluding hydrogens is 384 g/mol. The Bertz CT molecular complexity index is 1090. The van der Waals surface area contributed by atoms with Gasteiger partial charge in [-0.25, -0.2) is 17.7 Å². The predicted molar refractivity (Wildman–Crippen MR) is 102 cm³/mol. The van der Waals surface area contributed by atoms with Crippen molar-refractivity contribution in [2.45, 2.75) is 11.4 Å². The van der Waals surface area contributed by atoms with E-state index in [2.05, 4.69) is 4.98 Å². The third kappa shape index (κ3) is 3.97.